The highest BCUT2D eigenvalue weighted by Gasteiger charge is 2.25. The van der Waals surface area contributed by atoms with Crippen molar-refractivity contribution in [1.82, 2.24) is 14.9 Å². The third-order valence-electron chi connectivity index (χ3n) is 6.56. The average Bonchev–Trinajstić information content (AvgIpc) is 3.47. The highest BCUT2D eigenvalue weighted by molar-refractivity contribution is 7.17. The van der Waals surface area contributed by atoms with E-state index in [0.29, 0.717) is 5.92 Å². The molecule has 170 valence electrons. The summed E-state index contributed by atoms with van der Waals surface area (Å²) in [6.07, 6.45) is 4.79. The second-order valence-electron chi connectivity index (χ2n) is 8.71. The lowest BCUT2D eigenvalue weighted by atomic mass is 9.97. The summed E-state index contributed by atoms with van der Waals surface area (Å²) in [7, 11) is 0. The normalized spacial score (nSPS) is 18.1. The van der Waals surface area contributed by atoms with E-state index in [1.165, 1.54) is 38.1 Å². The van der Waals surface area contributed by atoms with Gasteiger partial charge in [-0.1, -0.05) is 12.1 Å². The maximum Gasteiger partial charge on any atom is 0.225 e. The lowest BCUT2D eigenvalue weighted by Crippen LogP contribution is -2.36. The zero-order valence-electron chi connectivity index (χ0n) is 18.1. The minimum absolute atomic E-state index is 0.238. The van der Waals surface area contributed by atoms with E-state index in [1.54, 1.807) is 23.5 Å². The lowest BCUT2D eigenvalue weighted by Gasteiger charge is -2.33. The Hall–Kier alpha value is -1.80. The number of halogens is 2. The molecule has 3 aromatic rings. The predicted octanol–water partition coefficient (Wildman–Crippen LogP) is 5.48. The Morgan fingerprint density at radius 2 is 1.81 bits per heavy atom. The third kappa shape index (κ3) is 4.91. The van der Waals surface area contributed by atoms with Crippen LogP contribution in [-0.2, 0) is 4.74 Å². The highest BCUT2D eigenvalue weighted by atomic mass is 35.5. The number of hydrogen-bond acceptors (Lipinski definition) is 6. The van der Waals surface area contributed by atoms with Crippen LogP contribution in [0.15, 0.2) is 29.6 Å². The van der Waals surface area contributed by atoms with Gasteiger partial charge in [-0.15, -0.1) is 11.3 Å². The Morgan fingerprint density at radius 3 is 2.56 bits per heavy atom. The molecule has 2 aliphatic rings. The molecule has 0 N–H and O–H groups in total. The molecule has 2 saturated heterocycles. The van der Waals surface area contributed by atoms with Gasteiger partial charge in [0.15, 0.2) is 0 Å². The van der Waals surface area contributed by atoms with Gasteiger partial charge in [-0.05, 0) is 74.0 Å². The Balaban J connectivity index is 1.26. The summed E-state index contributed by atoms with van der Waals surface area (Å²) in [6, 6.07) is 6.59. The maximum atomic E-state index is 13.4. The molecule has 8 heteroatoms. The van der Waals surface area contributed by atoms with E-state index in [0.717, 1.165) is 72.9 Å². The Kier molecular flexibility index (Phi) is 6.88. The molecular formula is C24H28ClFN4OS. The predicted molar refractivity (Wildman–Crippen MR) is 129 cm³/mol. The zero-order chi connectivity index (χ0) is 21.9. The van der Waals surface area contributed by atoms with Crippen LogP contribution >= 0.6 is 22.9 Å². The summed E-state index contributed by atoms with van der Waals surface area (Å²) < 4.78 is 19.4. The highest BCUT2D eigenvalue weighted by Crippen LogP contribution is 2.40. The van der Waals surface area contributed by atoms with Crippen LogP contribution in [0.3, 0.4) is 0 Å². The summed E-state index contributed by atoms with van der Waals surface area (Å²) in [4.78, 5) is 14.7. The summed E-state index contributed by atoms with van der Waals surface area (Å²) in [5.74, 6) is 1.23. The SMILES string of the molecule is Fc1ccc(-c2csc3nc(Cl)nc(N4CCC(COCCN5CCCC5)CC4)c23)cc1. The molecular weight excluding hydrogens is 447 g/mol. The monoisotopic (exact) mass is 474 g/mol. The Bertz CT molecular complexity index is 1050. The van der Waals surface area contributed by atoms with Crippen LogP contribution in [0.5, 0.6) is 0 Å². The molecule has 2 aromatic heterocycles. The van der Waals surface area contributed by atoms with Gasteiger partial charge in [0.05, 0.1) is 12.0 Å². The number of benzene rings is 1. The fourth-order valence-electron chi connectivity index (χ4n) is 4.73. The van der Waals surface area contributed by atoms with Crippen molar-refractivity contribution < 1.29 is 9.13 Å². The summed E-state index contributed by atoms with van der Waals surface area (Å²) in [5, 5.41) is 3.34. The van der Waals surface area contributed by atoms with Crippen molar-refractivity contribution in [3.8, 4) is 11.1 Å². The molecule has 0 amide bonds. The molecule has 32 heavy (non-hydrogen) atoms. The lowest BCUT2D eigenvalue weighted by molar-refractivity contribution is 0.0753. The molecule has 1 aromatic carbocycles. The van der Waals surface area contributed by atoms with Gasteiger partial charge in [-0.25, -0.2) is 9.37 Å². The van der Waals surface area contributed by atoms with Gasteiger partial charge in [-0.2, -0.15) is 4.98 Å². The largest absolute Gasteiger partial charge is 0.380 e. The molecule has 5 rings (SSSR count). The number of thiophene rings is 1. The first-order valence-corrected chi connectivity index (χ1v) is 12.7. The van der Waals surface area contributed by atoms with Crippen LogP contribution in [0.4, 0.5) is 10.2 Å². The second-order valence-corrected chi connectivity index (χ2v) is 9.90. The number of likely N-dealkylation sites (tertiary alicyclic amines) is 1. The van der Waals surface area contributed by atoms with E-state index in [1.807, 2.05) is 0 Å². The number of ether oxygens (including phenoxy) is 1. The van der Waals surface area contributed by atoms with Crippen LogP contribution in [0, 0.1) is 11.7 Å². The third-order valence-corrected chi connectivity index (χ3v) is 7.60. The molecule has 2 fully saturated rings. The van der Waals surface area contributed by atoms with Crippen molar-refractivity contribution in [2.75, 3.05) is 50.8 Å². The number of hydrogen-bond donors (Lipinski definition) is 0. The number of anilines is 1. The van der Waals surface area contributed by atoms with Crippen LogP contribution in [0.25, 0.3) is 21.3 Å². The Morgan fingerprint density at radius 1 is 1.06 bits per heavy atom. The van der Waals surface area contributed by atoms with Crippen molar-refractivity contribution in [2.24, 2.45) is 5.92 Å². The number of rotatable bonds is 7. The summed E-state index contributed by atoms with van der Waals surface area (Å²) >= 11 is 7.82. The van der Waals surface area contributed by atoms with Crippen molar-refractivity contribution >= 4 is 39.0 Å². The molecule has 0 aliphatic carbocycles. The zero-order valence-corrected chi connectivity index (χ0v) is 19.7. The molecule has 0 bridgehead atoms. The minimum Gasteiger partial charge on any atom is -0.380 e. The van der Waals surface area contributed by atoms with Gasteiger partial charge in [0.2, 0.25) is 5.28 Å². The van der Waals surface area contributed by atoms with E-state index in [2.05, 4.69) is 25.1 Å². The topological polar surface area (TPSA) is 41.5 Å². The van der Waals surface area contributed by atoms with Gasteiger partial charge in [0, 0.05) is 37.2 Å². The van der Waals surface area contributed by atoms with Crippen LogP contribution in [0.1, 0.15) is 25.7 Å². The van der Waals surface area contributed by atoms with E-state index in [4.69, 9.17) is 16.3 Å². The number of nitrogens with zero attached hydrogens (tertiary/aromatic N) is 4. The molecule has 0 saturated carbocycles. The standard InChI is InChI=1S/C24H28ClFN4OS/c25-24-27-22(21-20(16-32-23(21)28-24)18-3-5-19(26)6-4-18)30-11-7-17(8-12-30)15-31-14-13-29-9-1-2-10-29/h3-6,16-17H,1-2,7-15H2. The quantitative estimate of drug-likeness (QED) is 0.335. The van der Waals surface area contributed by atoms with Gasteiger partial charge >= 0.3 is 0 Å². The summed E-state index contributed by atoms with van der Waals surface area (Å²) in [6.45, 7) is 7.00. The minimum atomic E-state index is -0.238. The van der Waals surface area contributed by atoms with E-state index in [9.17, 15) is 4.39 Å². The summed E-state index contributed by atoms with van der Waals surface area (Å²) in [5.41, 5.74) is 2.00. The van der Waals surface area contributed by atoms with Crippen LogP contribution < -0.4 is 4.90 Å². The van der Waals surface area contributed by atoms with Crippen LogP contribution in [-0.4, -0.2) is 60.8 Å². The number of aromatic nitrogens is 2. The first-order valence-electron chi connectivity index (χ1n) is 11.4. The fourth-order valence-corrected chi connectivity index (χ4v) is 5.89. The van der Waals surface area contributed by atoms with Gasteiger partial charge < -0.3 is 14.5 Å². The first kappa shape index (κ1) is 22.0. The average molecular weight is 475 g/mol. The van der Waals surface area contributed by atoms with Gasteiger partial charge in [0.1, 0.15) is 16.5 Å². The van der Waals surface area contributed by atoms with E-state index in [-0.39, 0.29) is 11.1 Å². The molecule has 5 nitrogen and oxygen atoms in total. The van der Waals surface area contributed by atoms with Gasteiger partial charge in [-0.3, -0.25) is 0 Å². The first-order chi connectivity index (χ1) is 15.7. The molecule has 2 aliphatic heterocycles. The molecule has 0 atom stereocenters. The smallest absolute Gasteiger partial charge is 0.225 e. The van der Waals surface area contributed by atoms with E-state index < -0.39 is 0 Å². The Labute approximate surface area is 197 Å². The van der Waals surface area contributed by atoms with Crippen molar-refractivity contribution in [1.29, 1.82) is 0 Å². The maximum absolute atomic E-state index is 13.4. The van der Waals surface area contributed by atoms with Crippen molar-refractivity contribution in [3.63, 3.8) is 0 Å². The number of piperidine rings is 1. The number of fused-ring (bicyclic) bond motifs is 1. The van der Waals surface area contributed by atoms with E-state index >= 15 is 0 Å². The van der Waals surface area contributed by atoms with Crippen LogP contribution in [0.2, 0.25) is 5.28 Å². The fraction of sp³-hybridized carbons (Fsp3) is 0.500. The van der Waals surface area contributed by atoms with Crippen molar-refractivity contribution in [3.05, 3.63) is 40.7 Å². The second kappa shape index (κ2) is 10.00. The molecule has 0 spiro atoms. The molecule has 0 unspecified atom stereocenters. The van der Waals surface area contributed by atoms with Crippen molar-refractivity contribution in [2.45, 2.75) is 25.7 Å². The molecule has 4 heterocycles. The molecule has 0 radical (unpaired) electrons. The van der Waals surface area contributed by atoms with Gasteiger partial charge in [0.25, 0.3) is 0 Å².